The van der Waals surface area contributed by atoms with E-state index in [4.69, 9.17) is 28.2 Å². The second-order valence-corrected chi connectivity index (χ2v) is 6.10. The minimum atomic E-state index is -0.261. The van der Waals surface area contributed by atoms with Gasteiger partial charge in [0.25, 0.3) is 5.91 Å². The molecule has 2 heterocycles. The summed E-state index contributed by atoms with van der Waals surface area (Å²) >= 11 is 12.2. The quantitative estimate of drug-likeness (QED) is 0.664. The summed E-state index contributed by atoms with van der Waals surface area (Å²) in [5.41, 5.74) is 0.373. The van der Waals surface area contributed by atoms with E-state index in [1.807, 2.05) is 30.3 Å². The lowest BCUT2D eigenvalue weighted by molar-refractivity contribution is -0.115. The summed E-state index contributed by atoms with van der Waals surface area (Å²) in [5, 5.41) is 6.98. The van der Waals surface area contributed by atoms with Crippen LogP contribution in [0.3, 0.4) is 0 Å². The summed E-state index contributed by atoms with van der Waals surface area (Å²) in [7, 11) is 0. The Hall–Kier alpha value is -1.76. The second-order valence-electron chi connectivity index (χ2n) is 4.18. The number of carbonyl (C=O) groups is 1. The Balaban J connectivity index is 1.74. The fraction of sp³-hybridized carbons (Fsp3) is 0. The molecule has 2 N–H and O–H groups in total. The van der Waals surface area contributed by atoms with E-state index < -0.39 is 0 Å². The number of carbonyl (C=O) groups excluding carboxylic acids is 1. The van der Waals surface area contributed by atoms with Gasteiger partial charge in [0.2, 0.25) is 0 Å². The van der Waals surface area contributed by atoms with Crippen molar-refractivity contribution in [2.45, 2.75) is 9.99 Å². The van der Waals surface area contributed by atoms with Gasteiger partial charge < -0.3 is 9.73 Å². The van der Waals surface area contributed by atoms with E-state index in [-0.39, 0.29) is 5.91 Å². The molecule has 2 aromatic rings. The summed E-state index contributed by atoms with van der Waals surface area (Å²) in [6.45, 7) is 0. The molecule has 0 radical (unpaired) electrons. The molecule has 7 heteroatoms. The first-order chi connectivity index (χ1) is 10.1. The molecule has 1 saturated heterocycles. The van der Waals surface area contributed by atoms with Crippen LogP contribution in [0.15, 0.2) is 56.5 Å². The van der Waals surface area contributed by atoms with Crippen molar-refractivity contribution in [3.05, 3.63) is 52.9 Å². The third-order valence-corrected chi connectivity index (χ3v) is 4.03. The molecule has 3 rings (SSSR count). The van der Waals surface area contributed by atoms with E-state index in [9.17, 15) is 4.79 Å². The number of amides is 1. The lowest BCUT2D eigenvalue weighted by Gasteiger charge is -1.97. The van der Waals surface area contributed by atoms with Gasteiger partial charge in [-0.2, -0.15) is 0 Å². The van der Waals surface area contributed by atoms with Crippen molar-refractivity contribution in [3.8, 4) is 0 Å². The fourth-order valence-corrected chi connectivity index (χ4v) is 2.82. The molecule has 0 bridgehead atoms. The number of rotatable bonds is 3. The Morgan fingerprint density at radius 3 is 2.57 bits per heavy atom. The van der Waals surface area contributed by atoms with Gasteiger partial charge in [-0.25, -0.2) is 0 Å². The zero-order chi connectivity index (χ0) is 14.8. The minimum Gasteiger partial charge on any atom is -0.450 e. The molecule has 1 aliphatic rings. The van der Waals surface area contributed by atoms with E-state index in [1.54, 1.807) is 12.1 Å². The molecule has 4 nitrogen and oxygen atoms in total. The molecule has 0 aliphatic carbocycles. The highest BCUT2D eigenvalue weighted by Gasteiger charge is 2.20. The predicted molar refractivity (Wildman–Crippen MR) is 86.1 cm³/mol. The number of nitrogens with one attached hydrogen (secondary N) is 2. The molecule has 0 atom stereocenters. The van der Waals surface area contributed by atoms with Gasteiger partial charge in [-0.05, 0) is 48.6 Å². The molecule has 106 valence electrons. The highest BCUT2D eigenvalue weighted by Crippen LogP contribution is 2.30. The van der Waals surface area contributed by atoms with Gasteiger partial charge in [0.05, 0.1) is 0 Å². The summed E-state index contributed by atoms with van der Waals surface area (Å²) in [5.74, 6) is 0.317. The van der Waals surface area contributed by atoms with E-state index >= 15 is 0 Å². The van der Waals surface area contributed by atoms with Crippen LogP contribution < -0.4 is 10.6 Å². The van der Waals surface area contributed by atoms with Crippen LogP contribution in [-0.4, -0.2) is 11.0 Å². The summed E-state index contributed by atoms with van der Waals surface area (Å²) in [4.78, 5) is 12.5. The van der Waals surface area contributed by atoms with Gasteiger partial charge in [-0.3, -0.25) is 10.1 Å². The zero-order valence-electron chi connectivity index (χ0n) is 10.6. The van der Waals surface area contributed by atoms with Crippen LogP contribution in [0.4, 0.5) is 0 Å². The average molecular weight is 337 g/mol. The second kappa shape index (κ2) is 5.93. The van der Waals surface area contributed by atoms with Gasteiger partial charge >= 0.3 is 0 Å². The molecule has 1 aromatic heterocycles. The Morgan fingerprint density at radius 2 is 1.90 bits per heavy atom. The largest absolute Gasteiger partial charge is 0.450 e. The smallest absolute Gasteiger partial charge is 0.274 e. The molecule has 0 spiro atoms. The van der Waals surface area contributed by atoms with Crippen molar-refractivity contribution in [2.24, 2.45) is 0 Å². The summed E-state index contributed by atoms with van der Waals surface area (Å²) in [6, 6.07) is 11.1. The third-order valence-electron chi connectivity index (χ3n) is 2.64. The maximum Gasteiger partial charge on any atom is 0.274 e. The normalized spacial score (nSPS) is 16.1. The number of halogens is 1. The first-order valence-corrected chi connectivity index (χ1v) is 7.58. The van der Waals surface area contributed by atoms with Crippen LogP contribution in [0.2, 0.25) is 5.02 Å². The van der Waals surface area contributed by atoms with Crippen LogP contribution in [-0.2, 0) is 4.79 Å². The van der Waals surface area contributed by atoms with Gasteiger partial charge in [0.15, 0.2) is 10.2 Å². The maximum absolute atomic E-state index is 11.5. The lowest BCUT2D eigenvalue weighted by Crippen LogP contribution is -2.21. The zero-order valence-corrected chi connectivity index (χ0v) is 12.9. The lowest BCUT2D eigenvalue weighted by atomic mass is 10.3. The number of hydrogen-bond donors (Lipinski definition) is 2. The van der Waals surface area contributed by atoms with E-state index in [0.717, 1.165) is 9.99 Å². The van der Waals surface area contributed by atoms with Gasteiger partial charge in [-0.1, -0.05) is 23.4 Å². The van der Waals surface area contributed by atoms with Crippen LogP contribution in [0, 0.1) is 0 Å². The van der Waals surface area contributed by atoms with Crippen molar-refractivity contribution < 1.29 is 9.21 Å². The molecule has 1 aliphatic heterocycles. The number of hydrogen-bond acceptors (Lipinski definition) is 4. The monoisotopic (exact) mass is 336 g/mol. The topological polar surface area (TPSA) is 54.3 Å². The first-order valence-electron chi connectivity index (χ1n) is 5.97. The average Bonchev–Trinajstić information content (AvgIpc) is 3.00. The molecule has 0 saturated carbocycles. The molecular weight excluding hydrogens is 328 g/mol. The first kappa shape index (κ1) is 14.2. The number of benzene rings is 1. The Labute approximate surface area is 135 Å². The summed E-state index contributed by atoms with van der Waals surface area (Å²) < 4.78 is 5.65. The van der Waals surface area contributed by atoms with Crippen LogP contribution in [0.25, 0.3) is 6.08 Å². The highest BCUT2D eigenvalue weighted by atomic mass is 35.5. The Bertz CT molecular complexity index is 738. The molecule has 21 heavy (non-hydrogen) atoms. The van der Waals surface area contributed by atoms with E-state index in [2.05, 4.69) is 10.6 Å². The van der Waals surface area contributed by atoms with E-state index in [1.165, 1.54) is 11.8 Å². The van der Waals surface area contributed by atoms with Gasteiger partial charge in [0, 0.05) is 16.0 Å². The molecule has 1 aromatic carbocycles. The number of furan rings is 1. The maximum atomic E-state index is 11.5. The number of thiocarbonyl (C=S) groups is 1. The van der Waals surface area contributed by atoms with Crippen molar-refractivity contribution in [1.29, 1.82) is 0 Å². The van der Waals surface area contributed by atoms with Crippen molar-refractivity contribution in [2.75, 3.05) is 0 Å². The molecule has 1 fully saturated rings. The van der Waals surface area contributed by atoms with Crippen LogP contribution in [0.1, 0.15) is 5.76 Å². The van der Waals surface area contributed by atoms with Crippen molar-refractivity contribution >= 4 is 52.7 Å². The standard InChI is InChI=1S/C14H9ClN2O2S2/c15-8-1-4-10(5-2-8)21-12-6-3-9(19-12)7-11-13(18)17-14(20)16-11/h1-7H,(H2,16,17,18,20)/b11-7-. The molecular formula is C14H9ClN2O2S2. The molecule has 1 amide bonds. The van der Waals surface area contributed by atoms with Gasteiger partial charge in [-0.15, -0.1) is 0 Å². The Morgan fingerprint density at radius 1 is 1.14 bits per heavy atom. The highest BCUT2D eigenvalue weighted by molar-refractivity contribution is 7.99. The SMILES string of the molecule is O=C1NC(=S)N/C1=C\c1ccc(Sc2ccc(Cl)cc2)o1. The van der Waals surface area contributed by atoms with E-state index in [0.29, 0.717) is 21.6 Å². The molecule has 0 unspecified atom stereocenters. The fourth-order valence-electron chi connectivity index (χ4n) is 1.71. The van der Waals surface area contributed by atoms with Gasteiger partial charge in [0.1, 0.15) is 11.5 Å². The van der Waals surface area contributed by atoms with Crippen molar-refractivity contribution in [1.82, 2.24) is 10.6 Å². The minimum absolute atomic E-state index is 0.261. The summed E-state index contributed by atoms with van der Waals surface area (Å²) in [6.07, 6.45) is 1.61. The van der Waals surface area contributed by atoms with Crippen molar-refractivity contribution in [3.63, 3.8) is 0 Å². The van der Waals surface area contributed by atoms with Crippen LogP contribution in [0.5, 0.6) is 0 Å². The Kier molecular flexibility index (Phi) is 4.01. The predicted octanol–water partition coefficient (Wildman–Crippen LogP) is 3.43. The third kappa shape index (κ3) is 3.47. The van der Waals surface area contributed by atoms with Crippen LogP contribution >= 0.6 is 35.6 Å².